The van der Waals surface area contributed by atoms with E-state index in [1.54, 1.807) is 42.1 Å². The summed E-state index contributed by atoms with van der Waals surface area (Å²) in [6.45, 7) is 2.17. The second-order valence-corrected chi connectivity index (χ2v) is 12.9. The van der Waals surface area contributed by atoms with Gasteiger partial charge in [-0.2, -0.15) is 0 Å². The van der Waals surface area contributed by atoms with Gasteiger partial charge in [-0.3, -0.25) is 4.79 Å². The van der Waals surface area contributed by atoms with Crippen LogP contribution in [0.3, 0.4) is 0 Å². The highest BCUT2D eigenvalue weighted by molar-refractivity contribution is 5.92. The summed E-state index contributed by atoms with van der Waals surface area (Å²) in [6.07, 6.45) is 4.80. The van der Waals surface area contributed by atoms with Crippen molar-refractivity contribution in [2.24, 2.45) is 7.05 Å². The van der Waals surface area contributed by atoms with Crippen molar-refractivity contribution in [3.05, 3.63) is 130 Å². The fourth-order valence-electron chi connectivity index (χ4n) is 6.60. The molecular weight excluding hydrogens is 632 g/mol. The van der Waals surface area contributed by atoms with Crippen molar-refractivity contribution < 1.29 is 24.1 Å². The number of hydrogen-bond acceptors (Lipinski definition) is 7. The van der Waals surface area contributed by atoms with Gasteiger partial charge in [0, 0.05) is 49.5 Å². The molecule has 10 nitrogen and oxygen atoms in total. The van der Waals surface area contributed by atoms with Gasteiger partial charge < -0.3 is 28.5 Å². The SMILES string of the molecule is Cn1ccc(-c2ccc3c(c2)CCCOc2cc(ccc2Cc2nc4ccc(C(=O)O)cc4n2C[C@@H]2CCO2)-c2cccc(n2)OC3)cc1=O. The molecule has 0 radical (unpaired) electrons. The lowest BCUT2D eigenvalue weighted by molar-refractivity contribution is -0.0589. The van der Waals surface area contributed by atoms with Crippen LogP contribution in [-0.4, -0.2) is 49.5 Å². The number of carboxylic acid groups (broad SMARTS) is 1. The highest BCUT2D eigenvalue weighted by Gasteiger charge is 2.23. The van der Waals surface area contributed by atoms with Gasteiger partial charge in [0.1, 0.15) is 18.2 Å². The molecule has 10 heteroatoms. The Balaban J connectivity index is 1.13. The molecule has 1 N–H and O–H groups in total. The van der Waals surface area contributed by atoms with Gasteiger partial charge in [0.25, 0.3) is 5.56 Å². The summed E-state index contributed by atoms with van der Waals surface area (Å²) in [5, 5.41) is 9.67. The number of pyridine rings is 2. The Hall–Kier alpha value is -5.74. The molecule has 1 saturated heterocycles. The molecule has 0 amide bonds. The van der Waals surface area contributed by atoms with E-state index in [-0.39, 0.29) is 17.2 Å². The van der Waals surface area contributed by atoms with Crippen molar-refractivity contribution in [3.63, 3.8) is 0 Å². The molecular formula is C40H36N4O6. The maximum Gasteiger partial charge on any atom is 0.335 e. The standard InChI is InChI=1S/C40H36N4O6/c1-43-15-13-27(22-39(43)45)26-7-10-31-24-50-38-6-2-5-33(42-38)28-8-9-29(36(20-28)49-16-3-4-25(31)18-26)21-37-41-34-12-11-30(40(46)47)19-35(34)44(37)23-32-14-17-48-32/h2,5-13,15,18-20,22,32H,3-4,14,16-17,21,23-24H2,1H3,(H,46,47)/t32-/m0/s1. The van der Waals surface area contributed by atoms with Crippen LogP contribution >= 0.6 is 0 Å². The number of rotatable bonds is 6. The second kappa shape index (κ2) is 13.3. The summed E-state index contributed by atoms with van der Waals surface area (Å²) in [7, 11) is 1.74. The molecule has 2 aliphatic rings. The van der Waals surface area contributed by atoms with Crippen molar-refractivity contribution >= 4 is 17.0 Å². The molecule has 0 unspecified atom stereocenters. The molecule has 8 rings (SSSR count). The molecule has 1 atom stereocenters. The smallest absolute Gasteiger partial charge is 0.335 e. The van der Waals surface area contributed by atoms with Crippen LogP contribution in [0.25, 0.3) is 33.4 Å². The third-order valence-electron chi connectivity index (χ3n) is 9.56. The van der Waals surface area contributed by atoms with Gasteiger partial charge in [-0.25, -0.2) is 14.8 Å². The minimum atomic E-state index is -0.972. The van der Waals surface area contributed by atoms with Crippen LogP contribution in [0.15, 0.2) is 95.9 Å². The summed E-state index contributed by atoms with van der Waals surface area (Å²) in [5.41, 5.74) is 8.37. The van der Waals surface area contributed by atoms with E-state index in [1.165, 1.54) is 0 Å². The first-order valence-corrected chi connectivity index (χ1v) is 16.9. The molecule has 0 spiro atoms. The maximum absolute atomic E-state index is 12.4. The van der Waals surface area contributed by atoms with Crippen LogP contribution in [0, 0.1) is 0 Å². The van der Waals surface area contributed by atoms with E-state index in [1.807, 2.05) is 42.5 Å². The molecule has 5 heterocycles. The van der Waals surface area contributed by atoms with E-state index in [4.69, 9.17) is 24.2 Å². The van der Waals surface area contributed by atoms with Crippen molar-refractivity contribution in [3.8, 4) is 34.0 Å². The minimum Gasteiger partial charge on any atom is -0.493 e. The number of fused-ring (bicyclic) bond motifs is 7. The minimum absolute atomic E-state index is 0.0553. The van der Waals surface area contributed by atoms with Gasteiger partial charge >= 0.3 is 5.97 Å². The molecule has 252 valence electrons. The quantitative estimate of drug-likeness (QED) is 0.215. The third kappa shape index (κ3) is 6.37. The number of aromatic carboxylic acids is 1. The Labute approximate surface area is 288 Å². The first-order valence-electron chi connectivity index (χ1n) is 16.9. The van der Waals surface area contributed by atoms with Gasteiger partial charge in [0.15, 0.2) is 0 Å². The Morgan fingerprint density at radius 3 is 2.58 bits per heavy atom. The fraction of sp³-hybridized carbons (Fsp3) is 0.250. The van der Waals surface area contributed by atoms with E-state index in [9.17, 15) is 14.7 Å². The van der Waals surface area contributed by atoms with Crippen molar-refractivity contribution in [2.75, 3.05) is 13.2 Å². The largest absolute Gasteiger partial charge is 0.493 e. The summed E-state index contributed by atoms with van der Waals surface area (Å²) in [5.74, 6) is 1.11. The van der Waals surface area contributed by atoms with Crippen LogP contribution in [0.4, 0.5) is 0 Å². The van der Waals surface area contributed by atoms with Gasteiger partial charge in [-0.05, 0) is 77.9 Å². The zero-order valence-electron chi connectivity index (χ0n) is 27.7. The topological polar surface area (TPSA) is 118 Å². The van der Waals surface area contributed by atoms with Gasteiger partial charge in [-0.1, -0.05) is 36.4 Å². The number of nitrogens with zero attached hydrogens (tertiary/aromatic N) is 4. The Morgan fingerprint density at radius 1 is 0.900 bits per heavy atom. The van der Waals surface area contributed by atoms with Crippen molar-refractivity contribution in [2.45, 2.75) is 44.9 Å². The van der Waals surface area contributed by atoms with Crippen LogP contribution < -0.4 is 15.0 Å². The molecule has 0 saturated carbocycles. The van der Waals surface area contributed by atoms with E-state index in [2.05, 4.69) is 22.8 Å². The van der Waals surface area contributed by atoms with Crippen LogP contribution in [0.1, 0.15) is 45.7 Å². The molecule has 4 bridgehead atoms. The lowest BCUT2D eigenvalue weighted by Crippen LogP contribution is -2.31. The molecule has 6 aromatic rings. The predicted molar refractivity (Wildman–Crippen MR) is 189 cm³/mol. The zero-order valence-corrected chi connectivity index (χ0v) is 27.7. The average molecular weight is 669 g/mol. The van der Waals surface area contributed by atoms with E-state index in [0.29, 0.717) is 32.1 Å². The van der Waals surface area contributed by atoms with E-state index >= 15 is 0 Å². The monoisotopic (exact) mass is 668 g/mol. The number of benzene rings is 3. The van der Waals surface area contributed by atoms with Crippen molar-refractivity contribution in [1.29, 1.82) is 0 Å². The maximum atomic E-state index is 12.4. The van der Waals surface area contributed by atoms with E-state index < -0.39 is 5.97 Å². The van der Waals surface area contributed by atoms with Gasteiger partial charge in [0.2, 0.25) is 5.88 Å². The highest BCUT2D eigenvalue weighted by Crippen LogP contribution is 2.32. The summed E-state index contributed by atoms with van der Waals surface area (Å²) >= 11 is 0. The summed E-state index contributed by atoms with van der Waals surface area (Å²) in [4.78, 5) is 34.0. The summed E-state index contributed by atoms with van der Waals surface area (Å²) < 4.78 is 22.2. The molecule has 3 aromatic carbocycles. The third-order valence-corrected chi connectivity index (χ3v) is 9.56. The Kier molecular flexibility index (Phi) is 8.38. The van der Waals surface area contributed by atoms with Crippen LogP contribution in [0.2, 0.25) is 0 Å². The number of imidazole rings is 1. The number of hydrogen-bond donors (Lipinski definition) is 1. The molecule has 2 aliphatic heterocycles. The number of carboxylic acids is 1. The van der Waals surface area contributed by atoms with Gasteiger partial charge in [0.05, 0.1) is 41.5 Å². The zero-order chi connectivity index (χ0) is 34.2. The second-order valence-electron chi connectivity index (χ2n) is 12.9. The first kappa shape index (κ1) is 31.5. The fourth-order valence-corrected chi connectivity index (χ4v) is 6.60. The number of aryl methyl sites for hydroxylation is 2. The first-order chi connectivity index (χ1) is 24.4. The lowest BCUT2D eigenvalue weighted by Gasteiger charge is -2.27. The van der Waals surface area contributed by atoms with E-state index in [0.717, 1.165) is 87.6 Å². The molecule has 0 aliphatic carbocycles. The highest BCUT2D eigenvalue weighted by atomic mass is 16.5. The summed E-state index contributed by atoms with van der Waals surface area (Å²) in [6, 6.07) is 26.8. The van der Waals surface area contributed by atoms with Crippen LogP contribution in [-0.2, 0) is 37.8 Å². The average Bonchev–Trinajstić information content (AvgIpc) is 3.44. The normalized spacial score (nSPS) is 15.7. The van der Waals surface area contributed by atoms with Gasteiger partial charge in [-0.15, -0.1) is 0 Å². The molecule has 50 heavy (non-hydrogen) atoms. The molecule has 1 fully saturated rings. The number of aromatic nitrogens is 4. The van der Waals surface area contributed by atoms with Crippen LogP contribution in [0.5, 0.6) is 11.6 Å². The predicted octanol–water partition coefficient (Wildman–Crippen LogP) is 6.45. The lowest BCUT2D eigenvalue weighted by atomic mass is 9.97. The Bertz CT molecular complexity index is 2300. The molecule has 3 aromatic heterocycles. The number of ether oxygens (including phenoxy) is 3. The van der Waals surface area contributed by atoms with Crippen molar-refractivity contribution in [1.82, 2.24) is 19.1 Å². The number of carbonyl (C=O) groups is 1. The Morgan fingerprint density at radius 2 is 1.76 bits per heavy atom.